The molecule has 0 atom stereocenters. The Morgan fingerprint density at radius 2 is 2.11 bits per heavy atom. The number of hydrogen-bond acceptors (Lipinski definition) is 3. The van der Waals surface area contributed by atoms with E-state index in [4.69, 9.17) is 5.11 Å². The lowest BCUT2D eigenvalue weighted by Gasteiger charge is -2.07. The first-order valence-corrected chi connectivity index (χ1v) is 5.77. The number of carboxylic acids is 1. The molecule has 2 rings (SSSR count). The summed E-state index contributed by atoms with van der Waals surface area (Å²) >= 11 is 3.15. The zero-order chi connectivity index (χ0) is 13.1. The average Bonchev–Trinajstić information content (AvgIpc) is 2.33. The summed E-state index contributed by atoms with van der Waals surface area (Å²) in [7, 11) is 0. The lowest BCUT2D eigenvalue weighted by molar-refractivity contribution is 0.0697. The predicted molar refractivity (Wildman–Crippen MR) is 68.6 cm³/mol. The van der Waals surface area contributed by atoms with E-state index in [1.807, 2.05) is 0 Å². The van der Waals surface area contributed by atoms with Gasteiger partial charge in [-0.15, -0.1) is 0 Å². The Labute approximate surface area is 111 Å². The highest BCUT2D eigenvalue weighted by atomic mass is 79.9. The second-order valence-electron chi connectivity index (χ2n) is 3.48. The topological polar surface area (TPSA) is 62.2 Å². The van der Waals surface area contributed by atoms with Crippen LogP contribution in [0.3, 0.4) is 0 Å². The Morgan fingerprint density at radius 3 is 2.78 bits per heavy atom. The summed E-state index contributed by atoms with van der Waals surface area (Å²) in [5.74, 6) is -1.24. The number of hydrogen-bond donors (Lipinski definition) is 2. The van der Waals surface area contributed by atoms with Crippen LogP contribution in [0.4, 0.5) is 15.9 Å². The molecule has 18 heavy (non-hydrogen) atoms. The van der Waals surface area contributed by atoms with E-state index < -0.39 is 11.8 Å². The molecule has 92 valence electrons. The molecule has 1 aromatic carbocycles. The Balaban J connectivity index is 2.28. The van der Waals surface area contributed by atoms with Gasteiger partial charge in [0.25, 0.3) is 0 Å². The van der Waals surface area contributed by atoms with Gasteiger partial charge in [0.1, 0.15) is 11.6 Å². The fraction of sp³-hybridized carbons (Fsp3) is 0. The Hall–Kier alpha value is -1.95. The molecule has 0 bridgehead atoms. The van der Waals surface area contributed by atoms with Crippen LogP contribution in [-0.2, 0) is 0 Å². The molecule has 0 aliphatic heterocycles. The van der Waals surface area contributed by atoms with Crippen molar-refractivity contribution in [3.05, 3.63) is 52.4 Å². The number of halogens is 2. The molecule has 4 nitrogen and oxygen atoms in total. The molecule has 0 fully saturated rings. The number of aromatic carboxylic acids is 1. The van der Waals surface area contributed by atoms with Crippen LogP contribution in [-0.4, -0.2) is 16.1 Å². The molecular weight excluding hydrogens is 303 g/mol. The molecule has 0 radical (unpaired) electrons. The number of carboxylic acid groups (broad SMARTS) is 1. The van der Waals surface area contributed by atoms with Crippen LogP contribution < -0.4 is 5.32 Å². The van der Waals surface area contributed by atoms with Gasteiger partial charge in [-0.3, -0.25) is 0 Å². The van der Waals surface area contributed by atoms with Gasteiger partial charge in [0.05, 0.1) is 11.3 Å². The van der Waals surface area contributed by atoms with Gasteiger partial charge >= 0.3 is 5.97 Å². The van der Waals surface area contributed by atoms with E-state index in [2.05, 4.69) is 26.2 Å². The lowest BCUT2D eigenvalue weighted by Crippen LogP contribution is -2.00. The molecule has 0 aliphatic carbocycles. The monoisotopic (exact) mass is 310 g/mol. The van der Waals surface area contributed by atoms with Crippen LogP contribution in [0.1, 0.15) is 10.4 Å². The number of benzene rings is 1. The van der Waals surface area contributed by atoms with Gasteiger partial charge in [0, 0.05) is 10.7 Å². The van der Waals surface area contributed by atoms with E-state index in [0.717, 1.165) is 0 Å². The van der Waals surface area contributed by atoms with Gasteiger partial charge in [0.2, 0.25) is 0 Å². The maximum Gasteiger partial charge on any atom is 0.335 e. The summed E-state index contributed by atoms with van der Waals surface area (Å²) in [5, 5.41) is 11.6. The number of pyridine rings is 1. The standard InChI is InChI=1S/C12H8BrFN2O2/c13-8-1-2-10(9(14)6-8)16-11-5-7(12(17)18)3-4-15-11/h1-6H,(H,15,16)(H,17,18). The number of nitrogens with one attached hydrogen (secondary N) is 1. The third-order valence-electron chi connectivity index (χ3n) is 2.20. The number of anilines is 2. The zero-order valence-electron chi connectivity index (χ0n) is 9.02. The van der Waals surface area contributed by atoms with Crippen LogP contribution >= 0.6 is 15.9 Å². The average molecular weight is 311 g/mol. The van der Waals surface area contributed by atoms with Crippen molar-refractivity contribution in [2.24, 2.45) is 0 Å². The summed E-state index contributed by atoms with van der Waals surface area (Å²) in [6.07, 6.45) is 1.35. The highest BCUT2D eigenvalue weighted by Gasteiger charge is 2.07. The van der Waals surface area contributed by atoms with Crippen LogP contribution in [0.5, 0.6) is 0 Å². The molecule has 2 N–H and O–H groups in total. The van der Waals surface area contributed by atoms with Gasteiger partial charge in [-0.1, -0.05) is 15.9 Å². The van der Waals surface area contributed by atoms with Crippen molar-refractivity contribution in [3.63, 3.8) is 0 Å². The summed E-state index contributed by atoms with van der Waals surface area (Å²) in [5.41, 5.74) is 0.318. The maximum atomic E-state index is 13.6. The van der Waals surface area contributed by atoms with Gasteiger partial charge < -0.3 is 10.4 Å². The number of rotatable bonds is 3. The van der Waals surface area contributed by atoms with Crippen molar-refractivity contribution in [1.29, 1.82) is 0 Å². The van der Waals surface area contributed by atoms with E-state index in [9.17, 15) is 9.18 Å². The third-order valence-corrected chi connectivity index (χ3v) is 2.69. The third kappa shape index (κ3) is 2.84. The van der Waals surface area contributed by atoms with E-state index in [0.29, 0.717) is 4.47 Å². The van der Waals surface area contributed by atoms with Crippen molar-refractivity contribution >= 4 is 33.4 Å². The smallest absolute Gasteiger partial charge is 0.335 e. The first-order chi connectivity index (χ1) is 8.56. The van der Waals surface area contributed by atoms with E-state index >= 15 is 0 Å². The second kappa shape index (κ2) is 5.14. The van der Waals surface area contributed by atoms with Crippen LogP contribution in [0.2, 0.25) is 0 Å². The van der Waals surface area contributed by atoms with Gasteiger partial charge in [0.15, 0.2) is 0 Å². The minimum atomic E-state index is -1.06. The predicted octanol–water partition coefficient (Wildman–Crippen LogP) is 3.43. The highest BCUT2D eigenvalue weighted by molar-refractivity contribution is 9.10. The van der Waals surface area contributed by atoms with Crippen molar-refractivity contribution < 1.29 is 14.3 Å². The quantitative estimate of drug-likeness (QED) is 0.911. The molecular formula is C12H8BrFN2O2. The lowest BCUT2D eigenvalue weighted by atomic mass is 10.2. The van der Waals surface area contributed by atoms with Crippen molar-refractivity contribution in [3.8, 4) is 0 Å². The highest BCUT2D eigenvalue weighted by Crippen LogP contribution is 2.22. The normalized spacial score (nSPS) is 10.1. The largest absolute Gasteiger partial charge is 0.478 e. The molecule has 0 saturated heterocycles. The molecule has 0 saturated carbocycles. The molecule has 1 aromatic heterocycles. The number of nitrogens with zero attached hydrogens (tertiary/aromatic N) is 1. The van der Waals surface area contributed by atoms with Crippen molar-refractivity contribution in [2.45, 2.75) is 0 Å². The molecule has 6 heteroatoms. The Bertz CT molecular complexity index is 604. The fourth-order valence-corrected chi connectivity index (χ4v) is 1.69. The van der Waals surface area contributed by atoms with Crippen LogP contribution in [0, 0.1) is 5.82 Å². The van der Waals surface area contributed by atoms with E-state index in [1.165, 1.54) is 30.5 Å². The van der Waals surface area contributed by atoms with Crippen molar-refractivity contribution in [2.75, 3.05) is 5.32 Å². The zero-order valence-corrected chi connectivity index (χ0v) is 10.6. The fourth-order valence-electron chi connectivity index (χ4n) is 1.36. The minimum Gasteiger partial charge on any atom is -0.478 e. The minimum absolute atomic E-state index is 0.0880. The summed E-state index contributed by atoms with van der Waals surface area (Å²) in [6.45, 7) is 0. The maximum absolute atomic E-state index is 13.6. The molecule has 0 spiro atoms. The first-order valence-electron chi connectivity index (χ1n) is 4.97. The van der Waals surface area contributed by atoms with E-state index in [-0.39, 0.29) is 17.1 Å². The van der Waals surface area contributed by atoms with Crippen LogP contribution in [0.25, 0.3) is 0 Å². The Kier molecular flexibility index (Phi) is 3.57. The molecule has 1 heterocycles. The number of aromatic nitrogens is 1. The summed E-state index contributed by atoms with van der Waals surface area (Å²) < 4.78 is 14.2. The summed E-state index contributed by atoms with van der Waals surface area (Å²) in [4.78, 5) is 14.7. The Morgan fingerprint density at radius 1 is 1.33 bits per heavy atom. The van der Waals surface area contributed by atoms with Gasteiger partial charge in [-0.25, -0.2) is 14.2 Å². The van der Waals surface area contributed by atoms with Gasteiger partial charge in [-0.2, -0.15) is 0 Å². The molecule has 2 aromatic rings. The van der Waals surface area contributed by atoms with Gasteiger partial charge in [-0.05, 0) is 30.3 Å². The van der Waals surface area contributed by atoms with Crippen molar-refractivity contribution in [1.82, 2.24) is 4.98 Å². The second-order valence-corrected chi connectivity index (χ2v) is 4.40. The SMILES string of the molecule is O=C(O)c1ccnc(Nc2ccc(Br)cc2F)c1. The van der Waals surface area contributed by atoms with Crippen LogP contribution in [0.15, 0.2) is 41.0 Å². The number of carbonyl (C=O) groups is 1. The molecule has 0 aliphatic rings. The van der Waals surface area contributed by atoms with E-state index in [1.54, 1.807) is 6.07 Å². The summed E-state index contributed by atoms with van der Waals surface area (Å²) in [6, 6.07) is 7.22. The molecule has 0 amide bonds. The first kappa shape index (κ1) is 12.5. The molecule has 0 unspecified atom stereocenters.